The number of aliphatic hydroxyl groups excluding tert-OH is 1. The monoisotopic (exact) mass is 381 g/mol. The number of para-hydroxylation sites is 1. The van der Waals surface area contributed by atoms with Crippen molar-refractivity contribution in [1.29, 1.82) is 0 Å². The molecule has 2 aromatic heterocycles. The van der Waals surface area contributed by atoms with E-state index in [-0.39, 0.29) is 36.4 Å². The van der Waals surface area contributed by atoms with Crippen LogP contribution in [0.4, 0.5) is 0 Å². The summed E-state index contributed by atoms with van der Waals surface area (Å²) in [5.74, 6) is 1.55. The van der Waals surface area contributed by atoms with Gasteiger partial charge in [-0.05, 0) is 31.9 Å². The first-order valence-electron chi connectivity index (χ1n) is 9.35. The van der Waals surface area contributed by atoms with Crippen molar-refractivity contribution in [1.82, 2.24) is 24.6 Å². The van der Waals surface area contributed by atoms with Crippen LogP contribution in [0, 0.1) is 6.92 Å². The number of carbonyl (C=O) groups is 1. The van der Waals surface area contributed by atoms with Gasteiger partial charge in [0.1, 0.15) is 19.0 Å². The van der Waals surface area contributed by atoms with Crippen molar-refractivity contribution in [3.8, 4) is 0 Å². The maximum Gasteiger partial charge on any atom is 0.240 e. The highest BCUT2D eigenvalue weighted by atomic mass is 16.3. The predicted molar refractivity (Wildman–Crippen MR) is 104 cm³/mol. The van der Waals surface area contributed by atoms with Crippen molar-refractivity contribution in [3.05, 3.63) is 57.9 Å². The van der Waals surface area contributed by atoms with Gasteiger partial charge in [0.2, 0.25) is 5.91 Å². The summed E-state index contributed by atoms with van der Waals surface area (Å²) in [6, 6.07) is 9.01. The van der Waals surface area contributed by atoms with Crippen LogP contribution in [0.2, 0.25) is 0 Å². The van der Waals surface area contributed by atoms with Gasteiger partial charge in [-0.3, -0.25) is 9.59 Å². The second-order valence-electron chi connectivity index (χ2n) is 7.38. The molecule has 0 saturated heterocycles. The summed E-state index contributed by atoms with van der Waals surface area (Å²) in [5, 5.41) is 21.0. The molecule has 0 unspecified atom stereocenters. The van der Waals surface area contributed by atoms with E-state index in [1.807, 2.05) is 41.3 Å². The molecule has 8 heteroatoms. The van der Waals surface area contributed by atoms with Crippen molar-refractivity contribution >= 4 is 16.8 Å². The van der Waals surface area contributed by atoms with Gasteiger partial charge in [0, 0.05) is 36.2 Å². The standard InChI is InChI=1S/C20H23N5O3/c1-12-7-17(27)15-5-3-4-6-16(15)25(12)10-19(28)21-14-8-13(9-14)20-23-22-18(11-26)24(20)2/h3-7,13-14,26H,8-11H2,1-2H3,(H,21,28). The van der Waals surface area contributed by atoms with Gasteiger partial charge in [-0.15, -0.1) is 10.2 Å². The number of nitrogens with zero attached hydrogens (tertiary/aromatic N) is 4. The van der Waals surface area contributed by atoms with Crippen molar-refractivity contribution in [2.24, 2.45) is 7.05 Å². The number of carbonyl (C=O) groups excluding carboxylic acids is 1. The summed E-state index contributed by atoms with van der Waals surface area (Å²) < 4.78 is 3.69. The Kier molecular flexibility index (Phi) is 4.72. The second kappa shape index (κ2) is 7.20. The smallest absolute Gasteiger partial charge is 0.240 e. The highest BCUT2D eigenvalue weighted by Crippen LogP contribution is 2.35. The maximum atomic E-state index is 12.6. The molecule has 1 saturated carbocycles. The lowest BCUT2D eigenvalue weighted by Crippen LogP contribution is -2.45. The highest BCUT2D eigenvalue weighted by Gasteiger charge is 2.34. The first-order chi connectivity index (χ1) is 13.5. The number of nitrogens with one attached hydrogen (secondary N) is 1. The third-order valence-corrected chi connectivity index (χ3v) is 5.54. The lowest BCUT2D eigenvalue weighted by molar-refractivity contribution is -0.123. The summed E-state index contributed by atoms with van der Waals surface area (Å²) in [7, 11) is 1.84. The SMILES string of the molecule is Cc1cc(=O)c2ccccc2n1CC(=O)NC1CC(c2nnc(CO)n2C)C1. The third-order valence-electron chi connectivity index (χ3n) is 5.54. The number of fused-ring (bicyclic) bond motifs is 1. The molecule has 2 heterocycles. The summed E-state index contributed by atoms with van der Waals surface area (Å²) in [6.07, 6.45) is 1.60. The van der Waals surface area contributed by atoms with Crippen molar-refractivity contribution in [2.75, 3.05) is 0 Å². The van der Waals surface area contributed by atoms with E-state index in [2.05, 4.69) is 15.5 Å². The number of aliphatic hydroxyl groups is 1. The Labute approximate surface area is 161 Å². The number of rotatable bonds is 5. The first-order valence-corrected chi connectivity index (χ1v) is 9.35. The third kappa shape index (κ3) is 3.20. The van der Waals surface area contributed by atoms with Crippen LogP contribution < -0.4 is 10.7 Å². The zero-order chi connectivity index (χ0) is 19.8. The molecule has 2 N–H and O–H groups in total. The average Bonchev–Trinajstić information content (AvgIpc) is 3.01. The molecule has 1 aromatic carbocycles. The molecule has 146 valence electrons. The number of benzene rings is 1. The van der Waals surface area contributed by atoms with Crippen LogP contribution in [0.5, 0.6) is 0 Å². The molecule has 0 bridgehead atoms. The van der Waals surface area contributed by atoms with Crippen LogP contribution in [-0.4, -0.2) is 36.4 Å². The van der Waals surface area contributed by atoms with E-state index < -0.39 is 0 Å². The Hall–Kier alpha value is -3.00. The molecule has 0 radical (unpaired) electrons. The lowest BCUT2D eigenvalue weighted by Gasteiger charge is -2.35. The number of hydrogen-bond acceptors (Lipinski definition) is 5. The van der Waals surface area contributed by atoms with Crippen LogP contribution in [-0.2, 0) is 25.0 Å². The Morgan fingerprint density at radius 2 is 2.04 bits per heavy atom. The van der Waals surface area contributed by atoms with E-state index in [0.717, 1.165) is 29.9 Å². The molecular weight excluding hydrogens is 358 g/mol. The van der Waals surface area contributed by atoms with E-state index in [0.29, 0.717) is 11.2 Å². The van der Waals surface area contributed by atoms with Gasteiger partial charge < -0.3 is 19.6 Å². The van der Waals surface area contributed by atoms with Gasteiger partial charge >= 0.3 is 0 Å². The minimum Gasteiger partial charge on any atom is -0.388 e. The van der Waals surface area contributed by atoms with Gasteiger partial charge in [0.15, 0.2) is 11.3 Å². The van der Waals surface area contributed by atoms with E-state index in [1.165, 1.54) is 0 Å². The van der Waals surface area contributed by atoms with Crippen LogP contribution in [0.15, 0.2) is 35.1 Å². The molecule has 28 heavy (non-hydrogen) atoms. The average molecular weight is 381 g/mol. The van der Waals surface area contributed by atoms with Crippen molar-refractivity contribution in [3.63, 3.8) is 0 Å². The van der Waals surface area contributed by atoms with E-state index in [1.54, 1.807) is 12.1 Å². The zero-order valence-electron chi connectivity index (χ0n) is 15.9. The molecular formula is C20H23N5O3. The minimum absolute atomic E-state index is 0.0301. The van der Waals surface area contributed by atoms with Gasteiger partial charge in [-0.1, -0.05) is 12.1 Å². The normalized spacial score (nSPS) is 18.8. The van der Waals surface area contributed by atoms with Crippen LogP contribution in [0.25, 0.3) is 10.9 Å². The van der Waals surface area contributed by atoms with Gasteiger partial charge in [0.05, 0.1) is 5.52 Å². The molecule has 3 aromatic rings. The first kappa shape index (κ1) is 18.4. The zero-order valence-corrected chi connectivity index (χ0v) is 15.9. The molecule has 8 nitrogen and oxygen atoms in total. The van der Waals surface area contributed by atoms with Gasteiger partial charge in [-0.2, -0.15) is 0 Å². The number of pyridine rings is 1. The van der Waals surface area contributed by atoms with Crippen LogP contribution in [0.1, 0.15) is 36.1 Å². The van der Waals surface area contributed by atoms with Crippen molar-refractivity contribution < 1.29 is 9.90 Å². The Bertz CT molecular complexity index is 1090. The fourth-order valence-electron chi connectivity index (χ4n) is 3.89. The number of aromatic nitrogens is 4. The van der Waals surface area contributed by atoms with Gasteiger partial charge in [-0.25, -0.2) is 0 Å². The van der Waals surface area contributed by atoms with E-state index in [9.17, 15) is 14.7 Å². The minimum atomic E-state index is -0.136. The van der Waals surface area contributed by atoms with Crippen LogP contribution >= 0.6 is 0 Å². The fourth-order valence-corrected chi connectivity index (χ4v) is 3.89. The Balaban J connectivity index is 1.42. The van der Waals surface area contributed by atoms with E-state index >= 15 is 0 Å². The molecule has 0 aliphatic heterocycles. The number of hydrogen-bond donors (Lipinski definition) is 2. The second-order valence-corrected chi connectivity index (χ2v) is 7.38. The summed E-state index contributed by atoms with van der Waals surface area (Å²) in [6.45, 7) is 1.88. The van der Waals surface area contributed by atoms with Crippen LogP contribution in [0.3, 0.4) is 0 Å². The highest BCUT2D eigenvalue weighted by molar-refractivity contribution is 5.82. The molecule has 4 rings (SSSR count). The quantitative estimate of drug-likeness (QED) is 0.686. The summed E-state index contributed by atoms with van der Waals surface area (Å²) in [5.41, 5.74) is 1.50. The van der Waals surface area contributed by atoms with Crippen molar-refractivity contribution in [2.45, 2.75) is 44.9 Å². The number of aryl methyl sites for hydroxylation is 1. The molecule has 1 fully saturated rings. The Morgan fingerprint density at radius 1 is 1.29 bits per heavy atom. The number of amides is 1. The van der Waals surface area contributed by atoms with E-state index in [4.69, 9.17) is 0 Å². The lowest BCUT2D eigenvalue weighted by atomic mass is 9.79. The Morgan fingerprint density at radius 3 is 2.75 bits per heavy atom. The summed E-state index contributed by atoms with van der Waals surface area (Å²) in [4.78, 5) is 24.7. The largest absolute Gasteiger partial charge is 0.388 e. The topological polar surface area (TPSA) is 102 Å². The fraction of sp³-hybridized carbons (Fsp3) is 0.400. The molecule has 1 amide bonds. The molecule has 0 atom stereocenters. The molecule has 1 aliphatic carbocycles. The molecule has 0 spiro atoms. The maximum absolute atomic E-state index is 12.6. The predicted octanol–water partition coefficient (Wildman–Crippen LogP) is 0.993. The molecule has 1 aliphatic rings. The summed E-state index contributed by atoms with van der Waals surface area (Å²) >= 11 is 0. The van der Waals surface area contributed by atoms with Gasteiger partial charge in [0.25, 0.3) is 0 Å².